The summed E-state index contributed by atoms with van der Waals surface area (Å²) in [5.41, 5.74) is -0.739. The highest BCUT2D eigenvalue weighted by molar-refractivity contribution is 7.09. The summed E-state index contributed by atoms with van der Waals surface area (Å²) in [5, 5.41) is 11.4. The molecule has 1 saturated heterocycles. The zero-order valence-electron chi connectivity index (χ0n) is 11.8. The van der Waals surface area contributed by atoms with E-state index in [1.165, 1.54) is 4.88 Å². The van der Waals surface area contributed by atoms with E-state index in [2.05, 4.69) is 0 Å². The molecule has 0 aliphatic carbocycles. The molecule has 2 rings (SSSR count). The summed E-state index contributed by atoms with van der Waals surface area (Å²) >= 11 is 1.66. The number of carboxylic acid groups (broad SMARTS) is 1. The first-order chi connectivity index (χ1) is 9.57. The van der Waals surface area contributed by atoms with Crippen LogP contribution in [0.5, 0.6) is 0 Å². The van der Waals surface area contributed by atoms with Gasteiger partial charge < -0.3 is 10.0 Å². The maximum Gasteiger partial charge on any atom is 0.311 e. The second-order valence-electron chi connectivity index (χ2n) is 5.44. The van der Waals surface area contributed by atoms with Gasteiger partial charge in [0.15, 0.2) is 0 Å². The van der Waals surface area contributed by atoms with Crippen LogP contribution in [0.15, 0.2) is 17.5 Å². The van der Waals surface area contributed by atoms with Crippen molar-refractivity contribution in [2.24, 2.45) is 5.41 Å². The molecular weight excluding hydrogens is 274 g/mol. The van der Waals surface area contributed by atoms with E-state index in [0.29, 0.717) is 32.4 Å². The van der Waals surface area contributed by atoms with Crippen molar-refractivity contribution in [1.29, 1.82) is 0 Å². The standard InChI is InChI=1S/C15H21NO3S/c1-2-15(14(18)19)8-4-9-16(11-15)13(17)7-6-12-5-3-10-20-12/h3,5,10H,2,4,6-9,11H2,1H3,(H,18,19). The predicted molar refractivity (Wildman–Crippen MR) is 78.8 cm³/mol. The van der Waals surface area contributed by atoms with Crippen LogP contribution < -0.4 is 0 Å². The smallest absolute Gasteiger partial charge is 0.311 e. The first-order valence-electron chi connectivity index (χ1n) is 7.11. The molecule has 5 heteroatoms. The quantitative estimate of drug-likeness (QED) is 0.908. The van der Waals surface area contributed by atoms with Crippen LogP contribution in [-0.2, 0) is 16.0 Å². The van der Waals surface area contributed by atoms with Crippen LogP contribution >= 0.6 is 11.3 Å². The van der Waals surface area contributed by atoms with Crippen molar-refractivity contribution in [2.45, 2.75) is 39.0 Å². The van der Waals surface area contributed by atoms with Gasteiger partial charge in [0.25, 0.3) is 0 Å². The third-order valence-electron chi connectivity index (χ3n) is 4.23. The number of carbonyl (C=O) groups excluding carboxylic acids is 1. The molecule has 0 radical (unpaired) electrons. The fourth-order valence-electron chi connectivity index (χ4n) is 2.80. The Kier molecular flexibility index (Phi) is 4.81. The number of carbonyl (C=O) groups is 2. The van der Waals surface area contributed by atoms with E-state index in [4.69, 9.17) is 0 Å². The number of piperidine rings is 1. The van der Waals surface area contributed by atoms with Gasteiger partial charge in [0.1, 0.15) is 0 Å². The third kappa shape index (κ3) is 3.20. The molecule has 0 saturated carbocycles. The van der Waals surface area contributed by atoms with Gasteiger partial charge in [-0.1, -0.05) is 13.0 Å². The Morgan fingerprint density at radius 2 is 2.30 bits per heavy atom. The molecular formula is C15H21NO3S. The minimum Gasteiger partial charge on any atom is -0.481 e. The zero-order valence-corrected chi connectivity index (χ0v) is 12.6. The van der Waals surface area contributed by atoms with E-state index in [1.54, 1.807) is 16.2 Å². The van der Waals surface area contributed by atoms with Crippen molar-refractivity contribution in [1.82, 2.24) is 4.90 Å². The lowest BCUT2D eigenvalue weighted by Gasteiger charge is -2.39. The second-order valence-corrected chi connectivity index (χ2v) is 6.47. The monoisotopic (exact) mass is 295 g/mol. The number of thiophene rings is 1. The number of amides is 1. The van der Waals surface area contributed by atoms with Gasteiger partial charge in [0.2, 0.25) is 5.91 Å². The average Bonchev–Trinajstić information content (AvgIpc) is 2.97. The molecule has 0 aromatic carbocycles. The molecule has 1 aliphatic heterocycles. The molecule has 1 amide bonds. The summed E-state index contributed by atoms with van der Waals surface area (Å²) in [7, 11) is 0. The molecule has 0 spiro atoms. The number of likely N-dealkylation sites (tertiary alicyclic amines) is 1. The van der Waals surface area contributed by atoms with E-state index in [-0.39, 0.29) is 5.91 Å². The van der Waals surface area contributed by atoms with Crippen molar-refractivity contribution in [3.8, 4) is 0 Å². The number of nitrogens with zero attached hydrogens (tertiary/aromatic N) is 1. The van der Waals surface area contributed by atoms with E-state index in [0.717, 1.165) is 12.8 Å². The lowest BCUT2D eigenvalue weighted by Crippen LogP contribution is -2.49. The molecule has 2 heterocycles. The van der Waals surface area contributed by atoms with Crippen LogP contribution in [0.4, 0.5) is 0 Å². The normalized spacial score (nSPS) is 22.8. The summed E-state index contributed by atoms with van der Waals surface area (Å²) in [4.78, 5) is 26.7. The summed E-state index contributed by atoms with van der Waals surface area (Å²) < 4.78 is 0. The van der Waals surface area contributed by atoms with Crippen molar-refractivity contribution in [2.75, 3.05) is 13.1 Å². The number of carboxylic acids is 1. The van der Waals surface area contributed by atoms with E-state index >= 15 is 0 Å². The van der Waals surface area contributed by atoms with Gasteiger partial charge in [0, 0.05) is 24.4 Å². The largest absolute Gasteiger partial charge is 0.481 e. The second kappa shape index (κ2) is 6.39. The highest BCUT2D eigenvalue weighted by Gasteiger charge is 2.41. The lowest BCUT2D eigenvalue weighted by atomic mass is 9.77. The fourth-order valence-corrected chi connectivity index (χ4v) is 3.51. The van der Waals surface area contributed by atoms with Gasteiger partial charge in [-0.15, -0.1) is 11.3 Å². The molecule has 1 fully saturated rings. The van der Waals surface area contributed by atoms with Crippen molar-refractivity contribution in [3.05, 3.63) is 22.4 Å². The van der Waals surface area contributed by atoms with Crippen LogP contribution in [0.25, 0.3) is 0 Å². The topological polar surface area (TPSA) is 57.6 Å². The predicted octanol–water partition coefficient (Wildman–Crippen LogP) is 2.78. The number of hydrogen-bond acceptors (Lipinski definition) is 3. The van der Waals surface area contributed by atoms with Gasteiger partial charge >= 0.3 is 5.97 Å². The number of aryl methyl sites for hydroxylation is 1. The SMILES string of the molecule is CCC1(C(=O)O)CCCN(C(=O)CCc2cccs2)C1. The Morgan fingerprint density at radius 1 is 1.50 bits per heavy atom. The molecule has 1 atom stereocenters. The summed E-state index contributed by atoms with van der Waals surface area (Å²) in [6.45, 7) is 2.95. The van der Waals surface area contributed by atoms with Crippen LogP contribution in [0.2, 0.25) is 0 Å². The van der Waals surface area contributed by atoms with Crippen molar-refractivity contribution < 1.29 is 14.7 Å². The number of aliphatic carboxylic acids is 1. The molecule has 4 nitrogen and oxygen atoms in total. The Morgan fingerprint density at radius 3 is 2.90 bits per heavy atom. The average molecular weight is 295 g/mol. The fraction of sp³-hybridized carbons (Fsp3) is 0.600. The highest BCUT2D eigenvalue weighted by Crippen LogP contribution is 2.34. The Hall–Kier alpha value is -1.36. The minimum absolute atomic E-state index is 0.0807. The third-order valence-corrected chi connectivity index (χ3v) is 5.16. The van der Waals surface area contributed by atoms with Gasteiger partial charge in [0.05, 0.1) is 5.41 Å². The Labute approximate surface area is 123 Å². The van der Waals surface area contributed by atoms with Crippen LogP contribution in [-0.4, -0.2) is 35.0 Å². The number of hydrogen-bond donors (Lipinski definition) is 1. The molecule has 1 unspecified atom stereocenters. The van der Waals surface area contributed by atoms with Crippen molar-refractivity contribution in [3.63, 3.8) is 0 Å². The van der Waals surface area contributed by atoms with E-state index in [1.807, 2.05) is 24.4 Å². The van der Waals surface area contributed by atoms with Gasteiger partial charge in [-0.2, -0.15) is 0 Å². The lowest BCUT2D eigenvalue weighted by molar-refractivity contribution is -0.155. The van der Waals surface area contributed by atoms with Crippen LogP contribution in [0.3, 0.4) is 0 Å². The van der Waals surface area contributed by atoms with E-state index < -0.39 is 11.4 Å². The maximum atomic E-state index is 12.3. The van der Waals surface area contributed by atoms with Gasteiger partial charge in [-0.05, 0) is 37.1 Å². The summed E-state index contributed by atoms with van der Waals surface area (Å²) in [5.74, 6) is -0.687. The van der Waals surface area contributed by atoms with E-state index in [9.17, 15) is 14.7 Å². The first kappa shape index (κ1) is 15.0. The van der Waals surface area contributed by atoms with Crippen LogP contribution in [0, 0.1) is 5.41 Å². The molecule has 20 heavy (non-hydrogen) atoms. The van der Waals surface area contributed by atoms with Gasteiger partial charge in [-0.25, -0.2) is 0 Å². The first-order valence-corrected chi connectivity index (χ1v) is 7.99. The molecule has 0 bridgehead atoms. The zero-order chi connectivity index (χ0) is 14.6. The minimum atomic E-state index is -0.768. The Balaban J connectivity index is 1.94. The molecule has 1 aromatic rings. The summed E-state index contributed by atoms with van der Waals surface area (Å²) in [6.07, 6.45) is 3.26. The maximum absolute atomic E-state index is 12.3. The van der Waals surface area contributed by atoms with Crippen molar-refractivity contribution >= 4 is 23.2 Å². The Bertz CT molecular complexity index is 471. The molecule has 1 aliphatic rings. The number of rotatable bonds is 5. The van der Waals surface area contributed by atoms with Gasteiger partial charge in [-0.3, -0.25) is 9.59 Å². The molecule has 110 valence electrons. The molecule has 1 N–H and O–H groups in total. The van der Waals surface area contributed by atoms with Crippen LogP contribution in [0.1, 0.15) is 37.5 Å². The summed E-state index contributed by atoms with van der Waals surface area (Å²) in [6, 6.07) is 4.01. The highest BCUT2D eigenvalue weighted by atomic mass is 32.1. The molecule has 1 aromatic heterocycles.